The van der Waals surface area contributed by atoms with Gasteiger partial charge in [0.05, 0.1) is 28.3 Å². The smallest absolute Gasteiger partial charge is 0.229 e. The molecule has 2 saturated heterocycles. The van der Waals surface area contributed by atoms with Gasteiger partial charge >= 0.3 is 0 Å². The fourth-order valence-electron chi connectivity index (χ4n) is 6.54. The second-order valence-corrected chi connectivity index (χ2v) is 16.8. The lowest BCUT2D eigenvalue weighted by Crippen LogP contribution is -2.62. The summed E-state index contributed by atoms with van der Waals surface area (Å²) in [6, 6.07) is 9.33. The summed E-state index contributed by atoms with van der Waals surface area (Å²) < 4.78 is 31.6. The molecule has 4 heterocycles. The van der Waals surface area contributed by atoms with Gasteiger partial charge in [-0.25, -0.2) is 4.98 Å². The number of aryl methyl sites for hydroxylation is 1. The van der Waals surface area contributed by atoms with Gasteiger partial charge in [0.15, 0.2) is 11.5 Å². The second-order valence-electron chi connectivity index (χ2n) is 12.8. The first kappa shape index (κ1) is 32.9. The van der Waals surface area contributed by atoms with Crippen LogP contribution in [0, 0.1) is 0 Å². The highest BCUT2D eigenvalue weighted by molar-refractivity contribution is 9.10. The summed E-state index contributed by atoms with van der Waals surface area (Å²) in [6.07, 6.45) is 4.92. The third kappa shape index (κ3) is 6.81. The molecule has 0 saturated carbocycles. The maximum atomic E-state index is 13.4. The first-order valence-corrected chi connectivity index (χ1v) is 19.4. The van der Waals surface area contributed by atoms with E-state index in [9.17, 15) is 4.57 Å². The van der Waals surface area contributed by atoms with Gasteiger partial charge in [0, 0.05) is 56.2 Å². The lowest BCUT2D eigenvalue weighted by Gasteiger charge is -2.49. The molecule has 2 aromatic carbocycles. The summed E-state index contributed by atoms with van der Waals surface area (Å²) in [6.45, 7) is 10.9. The van der Waals surface area contributed by atoms with Crippen molar-refractivity contribution in [2.45, 2.75) is 38.3 Å². The molecule has 0 radical (unpaired) electrons. The topological polar surface area (TPSA) is 104 Å². The zero-order valence-corrected chi connectivity index (χ0v) is 30.1. The molecule has 0 unspecified atom stereocenters. The van der Waals surface area contributed by atoms with Crippen molar-refractivity contribution in [2.75, 3.05) is 89.5 Å². The van der Waals surface area contributed by atoms with Crippen LogP contribution >= 0.6 is 23.1 Å². The van der Waals surface area contributed by atoms with Gasteiger partial charge < -0.3 is 39.2 Å². The van der Waals surface area contributed by atoms with Gasteiger partial charge in [-0.2, -0.15) is 4.98 Å². The molecule has 0 amide bonds. The molecule has 3 aliphatic rings. The summed E-state index contributed by atoms with van der Waals surface area (Å²) in [5, 5.41) is 7.35. The maximum absolute atomic E-state index is 13.4. The molecular weight excluding hydrogens is 669 g/mol. The van der Waals surface area contributed by atoms with Gasteiger partial charge in [-0.1, -0.05) is 6.92 Å². The Morgan fingerprint density at radius 1 is 1.09 bits per heavy atom. The number of hydrogen-bond donors (Lipinski definition) is 2. The van der Waals surface area contributed by atoms with E-state index in [1.54, 1.807) is 26.6 Å². The predicted molar refractivity (Wildman–Crippen MR) is 189 cm³/mol. The highest BCUT2D eigenvalue weighted by Gasteiger charge is 2.35. The maximum Gasteiger partial charge on any atom is 0.229 e. The Morgan fingerprint density at radius 2 is 1.83 bits per heavy atom. The summed E-state index contributed by atoms with van der Waals surface area (Å²) in [7, 11) is 3.30. The highest BCUT2D eigenvalue weighted by Crippen LogP contribution is 2.47. The van der Waals surface area contributed by atoms with Crippen LogP contribution in [-0.4, -0.2) is 106 Å². The Hall–Kier alpha value is -3.05. The van der Waals surface area contributed by atoms with Crippen LogP contribution in [0.4, 0.5) is 28.8 Å². The summed E-state index contributed by atoms with van der Waals surface area (Å²) in [4.78, 5) is 16.8. The van der Waals surface area contributed by atoms with Crippen LogP contribution in [0.1, 0.15) is 25.3 Å². The predicted octanol–water partition coefficient (Wildman–Crippen LogP) is 5.53. The second kappa shape index (κ2) is 13.6. The largest absolute Gasteiger partial charge is 0.494 e. The SMILES string of the molecule is CCc1cc(Nc2ncc(Br)c(Nc3ccc4c(c3P(C)(C)=O)OCCO4)n2)c(OC)cc1N1CCC(N2CC(N(C)C)C2)CC1. The van der Waals surface area contributed by atoms with Crippen LogP contribution in [0.25, 0.3) is 0 Å². The first-order valence-electron chi connectivity index (χ1n) is 16.0. The van der Waals surface area contributed by atoms with E-state index in [0.717, 1.165) is 30.9 Å². The van der Waals surface area contributed by atoms with Gasteiger partial charge in [-0.3, -0.25) is 4.90 Å². The van der Waals surface area contributed by atoms with E-state index in [0.29, 0.717) is 64.0 Å². The third-order valence-corrected chi connectivity index (χ3v) is 11.3. The molecule has 13 heteroatoms. The lowest BCUT2D eigenvalue weighted by molar-refractivity contribution is 0.0188. The molecular formula is C33H45BrN7O4P. The fourth-order valence-corrected chi connectivity index (χ4v) is 8.21. The van der Waals surface area contributed by atoms with E-state index in [1.807, 2.05) is 12.1 Å². The summed E-state index contributed by atoms with van der Waals surface area (Å²) in [5.41, 5.74) is 3.92. The number of ether oxygens (including phenoxy) is 3. The number of nitrogens with one attached hydrogen (secondary N) is 2. The van der Waals surface area contributed by atoms with E-state index >= 15 is 0 Å². The Labute approximate surface area is 280 Å². The van der Waals surface area contributed by atoms with E-state index < -0.39 is 7.14 Å². The van der Waals surface area contributed by atoms with Crippen LogP contribution < -0.4 is 35.0 Å². The molecule has 0 spiro atoms. The van der Waals surface area contributed by atoms with Gasteiger partial charge in [0.2, 0.25) is 5.95 Å². The van der Waals surface area contributed by atoms with E-state index in [2.05, 4.69) is 79.4 Å². The minimum absolute atomic E-state index is 0.403. The molecule has 0 atom stereocenters. The van der Waals surface area contributed by atoms with Gasteiger partial charge in [0.1, 0.15) is 31.9 Å². The molecule has 3 aromatic rings. The lowest BCUT2D eigenvalue weighted by atomic mass is 9.96. The highest BCUT2D eigenvalue weighted by atomic mass is 79.9. The molecule has 1 aromatic heterocycles. The van der Waals surface area contributed by atoms with Crippen molar-refractivity contribution in [3.05, 3.63) is 40.5 Å². The van der Waals surface area contributed by atoms with E-state index in [4.69, 9.17) is 19.2 Å². The zero-order chi connectivity index (χ0) is 32.6. The third-order valence-electron chi connectivity index (χ3n) is 9.19. The van der Waals surface area contributed by atoms with Crippen LogP contribution in [0.15, 0.2) is 34.9 Å². The molecule has 11 nitrogen and oxygen atoms in total. The van der Waals surface area contributed by atoms with Gasteiger partial charge in [-0.15, -0.1) is 0 Å². The van der Waals surface area contributed by atoms with Crippen molar-refractivity contribution in [3.63, 3.8) is 0 Å². The van der Waals surface area contributed by atoms with Crippen molar-refractivity contribution in [3.8, 4) is 17.2 Å². The van der Waals surface area contributed by atoms with Crippen molar-refractivity contribution in [1.82, 2.24) is 19.8 Å². The number of rotatable bonds is 10. The zero-order valence-electron chi connectivity index (χ0n) is 27.6. The Bertz CT molecular complexity index is 1620. The van der Waals surface area contributed by atoms with Crippen LogP contribution in [0.3, 0.4) is 0 Å². The molecule has 0 aliphatic carbocycles. The number of fused-ring (bicyclic) bond motifs is 1. The van der Waals surface area contributed by atoms with Crippen molar-refractivity contribution < 1.29 is 18.8 Å². The Morgan fingerprint density at radius 3 is 2.50 bits per heavy atom. The van der Waals surface area contributed by atoms with Crippen LogP contribution in [0.5, 0.6) is 17.2 Å². The Balaban J connectivity index is 1.20. The molecule has 0 bridgehead atoms. The minimum atomic E-state index is -2.75. The monoisotopic (exact) mass is 713 g/mol. The fraction of sp³-hybridized carbons (Fsp3) is 0.515. The number of hydrogen-bond acceptors (Lipinski definition) is 11. The number of likely N-dealkylation sites (tertiary alicyclic amines) is 1. The number of methoxy groups -OCH3 is 1. The van der Waals surface area contributed by atoms with E-state index in [-0.39, 0.29) is 0 Å². The number of piperidine rings is 1. The normalized spacial score (nSPS) is 17.6. The van der Waals surface area contributed by atoms with Gasteiger partial charge in [0.25, 0.3) is 0 Å². The van der Waals surface area contributed by atoms with Gasteiger partial charge in [-0.05, 0) is 86.4 Å². The molecule has 46 heavy (non-hydrogen) atoms. The van der Waals surface area contributed by atoms with E-state index in [1.165, 1.54) is 37.2 Å². The number of halogens is 1. The number of benzene rings is 2. The first-order chi connectivity index (χ1) is 22.0. The molecule has 2 N–H and O–H groups in total. The van der Waals surface area contributed by atoms with Crippen molar-refractivity contribution in [2.24, 2.45) is 0 Å². The van der Waals surface area contributed by atoms with Crippen molar-refractivity contribution >= 4 is 57.2 Å². The molecule has 6 rings (SSSR count). The molecule has 2 fully saturated rings. The van der Waals surface area contributed by atoms with Crippen LogP contribution in [-0.2, 0) is 11.0 Å². The summed E-state index contributed by atoms with van der Waals surface area (Å²) in [5.74, 6) is 2.78. The average Bonchev–Trinajstić information content (AvgIpc) is 3.01. The summed E-state index contributed by atoms with van der Waals surface area (Å²) >= 11 is 3.58. The standard InChI is InChI=1S/C33H45BrN7O4P/c1-7-21-16-26(29(43-4)17-27(21)40-12-10-22(11-13-40)41-19-23(20-41)39(2)3)37-33-35-18-24(34)32(38-33)36-25-8-9-28-30(45-15-14-44-28)31(25)46(5,6)42/h8-9,16-18,22-23H,7,10-15,19-20H2,1-6H3,(H2,35,36,37,38). The van der Waals surface area contributed by atoms with Crippen LogP contribution in [0.2, 0.25) is 0 Å². The Kier molecular flexibility index (Phi) is 9.71. The minimum Gasteiger partial charge on any atom is -0.494 e. The number of nitrogens with zero attached hydrogens (tertiary/aromatic N) is 5. The number of anilines is 5. The quantitative estimate of drug-likeness (QED) is 0.259. The molecule has 248 valence electrons. The number of aromatic nitrogens is 2. The number of likely N-dealkylation sites (N-methyl/N-ethyl adjacent to an activating group) is 1. The van der Waals surface area contributed by atoms with Crippen molar-refractivity contribution in [1.29, 1.82) is 0 Å². The molecule has 3 aliphatic heterocycles. The average molecular weight is 715 g/mol.